The standard InChI is InChI=1S/C16H21N3S/c1-2-4-12-10-15-14(9-11(12)3-1)18-16(19-15)20-13-5-7-17-8-6-13/h9-10,13,17H,1-8H2,(H,18,19). The highest BCUT2D eigenvalue weighted by Crippen LogP contribution is 2.30. The average molecular weight is 287 g/mol. The number of aromatic nitrogens is 2. The van der Waals surface area contributed by atoms with Crippen molar-refractivity contribution >= 4 is 22.8 Å². The van der Waals surface area contributed by atoms with Gasteiger partial charge in [-0.05, 0) is 74.9 Å². The van der Waals surface area contributed by atoms with Crippen LogP contribution in [0.5, 0.6) is 0 Å². The lowest BCUT2D eigenvalue weighted by molar-refractivity contribution is 0.531. The molecule has 0 amide bonds. The third-order valence-electron chi connectivity index (χ3n) is 4.49. The van der Waals surface area contributed by atoms with Gasteiger partial charge in [-0.3, -0.25) is 0 Å². The van der Waals surface area contributed by atoms with E-state index in [0.717, 1.165) is 23.8 Å². The number of nitrogens with zero attached hydrogens (tertiary/aromatic N) is 1. The van der Waals surface area contributed by atoms with Crippen LogP contribution in [0.4, 0.5) is 0 Å². The fraction of sp³-hybridized carbons (Fsp3) is 0.562. The molecule has 0 spiro atoms. The fourth-order valence-electron chi connectivity index (χ4n) is 3.34. The van der Waals surface area contributed by atoms with E-state index in [1.807, 2.05) is 11.8 Å². The molecule has 0 unspecified atom stereocenters. The van der Waals surface area contributed by atoms with Crippen molar-refractivity contribution in [3.05, 3.63) is 23.3 Å². The van der Waals surface area contributed by atoms with Crippen LogP contribution in [-0.4, -0.2) is 28.3 Å². The Kier molecular flexibility index (Phi) is 3.44. The Morgan fingerprint density at radius 3 is 2.60 bits per heavy atom. The summed E-state index contributed by atoms with van der Waals surface area (Å²) >= 11 is 1.93. The van der Waals surface area contributed by atoms with Gasteiger partial charge in [-0.1, -0.05) is 11.8 Å². The molecule has 2 aliphatic rings. The highest BCUT2D eigenvalue weighted by atomic mass is 32.2. The van der Waals surface area contributed by atoms with Crippen molar-refractivity contribution < 1.29 is 0 Å². The second-order valence-corrected chi connectivity index (χ2v) is 7.24. The van der Waals surface area contributed by atoms with E-state index in [0.29, 0.717) is 5.25 Å². The summed E-state index contributed by atoms with van der Waals surface area (Å²) < 4.78 is 0. The van der Waals surface area contributed by atoms with E-state index in [4.69, 9.17) is 4.98 Å². The Bertz CT molecular complexity index is 570. The van der Waals surface area contributed by atoms with Gasteiger partial charge in [0.25, 0.3) is 0 Å². The molecule has 2 N–H and O–H groups in total. The van der Waals surface area contributed by atoms with Crippen molar-refractivity contribution in [3.63, 3.8) is 0 Å². The molecule has 1 fully saturated rings. The van der Waals surface area contributed by atoms with Crippen LogP contribution in [0.3, 0.4) is 0 Å². The quantitative estimate of drug-likeness (QED) is 0.890. The molecule has 2 heterocycles. The summed E-state index contributed by atoms with van der Waals surface area (Å²) in [5.74, 6) is 0. The first-order valence-electron chi connectivity index (χ1n) is 7.77. The van der Waals surface area contributed by atoms with Gasteiger partial charge in [0.1, 0.15) is 0 Å². The zero-order valence-electron chi connectivity index (χ0n) is 11.7. The van der Waals surface area contributed by atoms with Crippen molar-refractivity contribution in [1.29, 1.82) is 0 Å². The number of rotatable bonds is 2. The van der Waals surface area contributed by atoms with E-state index in [2.05, 4.69) is 22.4 Å². The van der Waals surface area contributed by atoms with E-state index in [-0.39, 0.29) is 0 Å². The largest absolute Gasteiger partial charge is 0.333 e. The van der Waals surface area contributed by atoms with Crippen molar-refractivity contribution in [1.82, 2.24) is 15.3 Å². The smallest absolute Gasteiger partial charge is 0.166 e. The normalized spacial score (nSPS) is 20.2. The van der Waals surface area contributed by atoms with Crippen LogP contribution >= 0.6 is 11.8 Å². The number of fused-ring (bicyclic) bond motifs is 2. The first kappa shape index (κ1) is 12.7. The molecular formula is C16H21N3S. The molecule has 1 aliphatic carbocycles. The Labute approximate surface area is 123 Å². The van der Waals surface area contributed by atoms with Crippen LogP contribution in [0.2, 0.25) is 0 Å². The zero-order chi connectivity index (χ0) is 13.4. The van der Waals surface area contributed by atoms with Crippen molar-refractivity contribution in [2.75, 3.05) is 13.1 Å². The topological polar surface area (TPSA) is 40.7 Å². The predicted octanol–water partition coefficient (Wildman–Crippen LogP) is 3.29. The van der Waals surface area contributed by atoms with Crippen LogP contribution in [0.25, 0.3) is 11.0 Å². The minimum atomic E-state index is 0.714. The fourth-order valence-corrected chi connectivity index (χ4v) is 4.45. The van der Waals surface area contributed by atoms with Crippen LogP contribution < -0.4 is 5.32 Å². The molecule has 2 aromatic rings. The van der Waals surface area contributed by atoms with Gasteiger partial charge in [0.2, 0.25) is 0 Å². The molecule has 20 heavy (non-hydrogen) atoms. The van der Waals surface area contributed by atoms with Crippen molar-refractivity contribution in [3.8, 4) is 0 Å². The van der Waals surface area contributed by atoms with Gasteiger partial charge in [-0.15, -0.1) is 0 Å². The third-order valence-corrected chi connectivity index (χ3v) is 5.71. The van der Waals surface area contributed by atoms with Gasteiger partial charge in [-0.25, -0.2) is 4.98 Å². The summed E-state index contributed by atoms with van der Waals surface area (Å²) in [7, 11) is 0. The summed E-state index contributed by atoms with van der Waals surface area (Å²) in [6.45, 7) is 2.29. The minimum Gasteiger partial charge on any atom is -0.333 e. The molecule has 0 saturated carbocycles. The number of imidazole rings is 1. The highest BCUT2D eigenvalue weighted by molar-refractivity contribution is 7.99. The molecule has 3 nitrogen and oxygen atoms in total. The maximum Gasteiger partial charge on any atom is 0.166 e. The molecular weight excluding hydrogens is 266 g/mol. The minimum absolute atomic E-state index is 0.714. The van der Waals surface area contributed by atoms with E-state index < -0.39 is 0 Å². The Morgan fingerprint density at radius 1 is 1.05 bits per heavy atom. The lowest BCUT2D eigenvalue weighted by Gasteiger charge is -2.20. The number of aryl methyl sites for hydroxylation is 2. The number of nitrogens with one attached hydrogen (secondary N) is 2. The first-order chi connectivity index (χ1) is 9.88. The second kappa shape index (κ2) is 5.41. The predicted molar refractivity (Wildman–Crippen MR) is 84.5 cm³/mol. The number of aromatic amines is 1. The molecule has 1 aromatic carbocycles. The summed E-state index contributed by atoms with van der Waals surface area (Å²) in [5.41, 5.74) is 5.43. The molecule has 4 rings (SSSR count). The summed E-state index contributed by atoms with van der Waals surface area (Å²) in [6.07, 6.45) is 7.63. The van der Waals surface area contributed by atoms with Crippen LogP contribution in [0.15, 0.2) is 17.3 Å². The van der Waals surface area contributed by atoms with Gasteiger partial charge < -0.3 is 10.3 Å². The monoisotopic (exact) mass is 287 g/mol. The van der Waals surface area contributed by atoms with Crippen molar-refractivity contribution in [2.45, 2.75) is 48.9 Å². The van der Waals surface area contributed by atoms with Gasteiger partial charge in [0, 0.05) is 5.25 Å². The molecule has 0 atom stereocenters. The van der Waals surface area contributed by atoms with Crippen molar-refractivity contribution in [2.24, 2.45) is 0 Å². The Morgan fingerprint density at radius 2 is 1.80 bits per heavy atom. The maximum atomic E-state index is 4.80. The highest BCUT2D eigenvalue weighted by Gasteiger charge is 2.17. The van der Waals surface area contributed by atoms with E-state index >= 15 is 0 Å². The SMILES string of the molecule is c1c2c(cc3[nH]c(SC4CCNCC4)nc13)CCCC2. The van der Waals surface area contributed by atoms with Crippen LogP contribution in [0.1, 0.15) is 36.8 Å². The number of H-pyrrole nitrogens is 1. The molecule has 1 saturated heterocycles. The summed E-state index contributed by atoms with van der Waals surface area (Å²) in [4.78, 5) is 8.33. The number of hydrogen-bond donors (Lipinski definition) is 2. The van der Waals surface area contributed by atoms with E-state index in [1.54, 1.807) is 0 Å². The Balaban J connectivity index is 1.61. The second-order valence-electron chi connectivity index (χ2n) is 5.95. The van der Waals surface area contributed by atoms with Crippen LogP contribution in [-0.2, 0) is 12.8 Å². The first-order valence-corrected chi connectivity index (χ1v) is 8.65. The lowest BCUT2D eigenvalue weighted by Crippen LogP contribution is -2.29. The van der Waals surface area contributed by atoms with Gasteiger partial charge in [0.15, 0.2) is 5.16 Å². The zero-order valence-corrected chi connectivity index (χ0v) is 12.6. The third kappa shape index (κ3) is 2.47. The molecule has 106 valence electrons. The van der Waals surface area contributed by atoms with Gasteiger partial charge >= 0.3 is 0 Å². The number of hydrogen-bond acceptors (Lipinski definition) is 3. The van der Waals surface area contributed by atoms with E-state index in [1.165, 1.54) is 55.2 Å². The maximum absolute atomic E-state index is 4.80. The van der Waals surface area contributed by atoms with Gasteiger partial charge in [-0.2, -0.15) is 0 Å². The number of thioether (sulfide) groups is 1. The average Bonchev–Trinajstić information content (AvgIpc) is 2.86. The molecule has 0 bridgehead atoms. The van der Waals surface area contributed by atoms with E-state index in [9.17, 15) is 0 Å². The summed E-state index contributed by atoms with van der Waals surface area (Å²) in [6, 6.07) is 4.65. The molecule has 0 radical (unpaired) electrons. The molecule has 1 aliphatic heterocycles. The van der Waals surface area contributed by atoms with Crippen LogP contribution in [0, 0.1) is 0 Å². The molecule has 4 heteroatoms. The number of piperidine rings is 1. The van der Waals surface area contributed by atoms with Gasteiger partial charge in [0.05, 0.1) is 11.0 Å². The number of benzene rings is 1. The molecule has 1 aromatic heterocycles. The summed E-state index contributed by atoms with van der Waals surface area (Å²) in [5, 5.41) is 5.24. The Hall–Kier alpha value is -1.00. The lowest BCUT2D eigenvalue weighted by atomic mass is 9.91.